The molecule has 0 bridgehead atoms. The second-order valence-electron chi connectivity index (χ2n) is 5.10. The number of nitrogens with zero attached hydrogens (tertiary/aromatic N) is 1. The van der Waals surface area contributed by atoms with E-state index in [0.717, 1.165) is 23.7 Å². The fraction of sp³-hybridized carbons (Fsp3) is 0.286. The van der Waals surface area contributed by atoms with Crippen LogP contribution in [0.3, 0.4) is 0 Å². The number of amides is 1. The van der Waals surface area contributed by atoms with Crippen LogP contribution in [0, 0.1) is 5.41 Å². The van der Waals surface area contributed by atoms with Crippen molar-refractivity contribution in [2.45, 2.75) is 19.8 Å². The van der Waals surface area contributed by atoms with Crippen LogP contribution in [0.15, 0.2) is 30.5 Å². The second kappa shape index (κ2) is 3.29. The van der Waals surface area contributed by atoms with E-state index in [9.17, 15) is 4.79 Å². The molecule has 1 aromatic carbocycles. The molecule has 0 fully saturated rings. The van der Waals surface area contributed by atoms with Gasteiger partial charge in [0.1, 0.15) is 0 Å². The SMILES string of the molecule is CC1(C(N)=O)Cc2cc3cccnc3cc2C1. The Labute approximate surface area is 99.7 Å². The van der Waals surface area contributed by atoms with Crippen LogP contribution < -0.4 is 5.73 Å². The van der Waals surface area contributed by atoms with E-state index in [1.54, 1.807) is 6.20 Å². The van der Waals surface area contributed by atoms with Crippen LogP contribution in [0.2, 0.25) is 0 Å². The number of rotatable bonds is 1. The van der Waals surface area contributed by atoms with E-state index in [0.29, 0.717) is 0 Å². The Morgan fingerprint density at radius 1 is 1.35 bits per heavy atom. The zero-order valence-electron chi connectivity index (χ0n) is 9.73. The van der Waals surface area contributed by atoms with E-state index in [1.807, 2.05) is 19.1 Å². The number of hydrogen-bond acceptors (Lipinski definition) is 2. The molecule has 17 heavy (non-hydrogen) atoms. The summed E-state index contributed by atoms with van der Waals surface area (Å²) in [4.78, 5) is 15.8. The molecule has 0 saturated carbocycles. The maximum Gasteiger partial charge on any atom is 0.224 e. The van der Waals surface area contributed by atoms with Gasteiger partial charge in [-0.05, 0) is 42.2 Å². The minimum Gasteiger partial charge on any atom is -0.369 e. The van der Waals surface area contributed by atoms with Gasteiger partial charge < -0.3 is 5.73 Å². The minimum absolute atomic E-state index is 0.217. The number of pyridine rings is 1. The number of carbonyl (C=O) groups is 1. The van der Waals surface area contributed by atoms with Gasteiger partial charge in [0.2, 0.25) is 5.91 Å². The summed E-state index contributed by atoms with van der Waals surface area (Å²) in [5, 5.41) is 1.12. The summed E-state index contributed by atoms with van der Waals surface area (Å²) in [7, 11) is 0. The lowest BCUT2D eigenvalue weighted by Crippen LogP contribution is -2.34. The van der Waals surface area contributed by atoms with E-state index < -0.39 is 5.41 Å². The van der Waals surface area contributed by atoms with Crippen LogP contribution in [0.5, 0.6) is 0 Å². The first-order valence-corrected chi connectivity index (χ1v) is 5.75. The highest BCUT2D eigenvalue weighted by molar-refractivity contribution is 5.85. The van der Waals surface area contributed by atoms with Gasteiger partial charge in [0.15, 0.2) is 0 Å². The molecule has 1 aliphatic carbocycles. The summed E-state index contributed by atoms with van der Waals surface area (Å²) in [5.74, 6) is -0.217. The van der Waals surface area contributed by atoms with Gasteiger partial charge in [0, 0.05) is 11.6 Å². The van der Waals surface area contributed by atoms with Crippen LogP contribution >= 0.6 is 0 Å². The molecule has 1 atom stereocenters. The monoisotopic (exact) mass is 226 g/mol. The van der Waals surface area contributed by atoms with Crippen molar-refractivity contribution in [1.29, 1.82) is 0 Å². The maximum absolute atomic E-state index is 11.5. The van der Waals surface area contributed by atoms with Crippen LogP contribution in [0.4, 0.5) is 0 Å². The third-order valence-electron chi connectivity index (χ3n) is 3.68. The molecule has 1 unspecified atom stereocenters. The molecule has 0 aliphatic heterocycles. The number of primary amides is 1. The summed E-state index contributed by atoms with van der Waals surface area (Å²) in [6.07, 6.45) is 3.25. The molecular weight excluding hydrogens is 212 g/mol. The molecule has 3 nitrogen and oxygen atoms in total. The van der Waals surface area contributed by atoms with Gasteiger partial charge in [0.05, 0.1) is 10.9 Å². The number of fused-ring (bicyclic) bond motifs is 2. The van der Waals surface area contributed by atoms with Crippen molar-refractivity contribution in [3.8, 4) is 0 Å². The van der Waals surface area contributed by atoms with Gasteiger partial charge in [-0.2, -0.15) is 0 Å². The zero-order chi connectivity index (χ0) is 12.0. The Kier molecular flexibility index (Phi) is 1.99. The normalized spacial score (nSPS) is 22.6. The third-order valence-corrected chi connectivity index (χ3v) is 3.68. The fourth-order valence-electron chi connectivity index (χ4n) is 2.62. The van der Waals surface area contributed by atoms with Crippen molar-refractivity contribution in [3.63, 3.8) is 0 Å². The van der Waals surface area contributed by atoms with Gasteiger partial charge in [-0.3, -0.25) is 9.78 Å². The predicted octanol–water partition coefficient (Wildman–Crippen LogP) is 1.82. The summed E-state index contributed by atoms with van der Waals surface area (Å²) in [6.45, 7) is 1.94. The standard InChI is InChI=1S/C14H14N2O/c1-14(13(15)17)7-10-5-9-3-2-4-16-12(9)6-11(10)8-14/h2-6H,7-8H2,1H3,(H2,15,17). The average molecular weight is 226 g/mol. The van der Waals surface area contributed by atoms with E-state index in [2.05, 4.69) is 17.1 Å². The highest BCUT2D eigenvalue weighted by atomic mass is 16.1. The highest BCUT2D eigenvalue weighted by Gasteiger charge is 2.38. The first-order chi connectivity index (χ1) is 8.08. The first kappa shape index (κ1) is 10.3. The Bertz CT molecular complexity index is 574. The van der Waals surface area contributed by atoms with Crippen LogP contribution in [0.1, 0.15) is 18.1 Å². The van der Waals surface area contributed by atoms with E-state index in [1.165, 1.54) is 11.1 Å². The van der Waals surface area contributed by atoms with Gasteiger partial charge >= 0.3 is 0 Å². The molecule has 3 rings (SSSR count). The van der Waals surface area contributed by atoms with Crippen LogP contribution in [0.25, 0.3) is 10.9 Å². The first-order valence-electron chi connectivity index (χ1n) is 5.75. The molecular formula is C14H14N2O. The molecule has 2 N–H and O–H groups in total. The molecule has 0 spiro atoms. The van der Waals surface area contributed by atoms with Gasteiger partial charge in [-0.1, -0.05) is 13.0 Å². The predicted molar refractivity (Wildman–Crippen MR) is 66.5 cm³/mol. The average Bonchev–Trinajstić information content (AvgIpc) is 2.62. The number of nitrogens with two attached hydrogens (primary N) is 1. The highest BCUT2D eigenvalue weighted by Crippen LogP contribution is 2.37. The molecule has 1 amide bonds. The lowest BCUT2D eigenvalue weighted by atomic mass is 9.87. The Hall–Kier alpha value is -1.90. The second-order valence-corrected chi connectivity index (χ2v) is 5.10. The Morgan fingerprint density at radius 3 is 2.76 bits per heavy atom. The molecule has 0 saturated heterocycles. The summed E-state index contributed by atoms with van der Waals surface area (Å²) in [6, 6.07) is 8.18. The van der Waals surface area contributed by atoms with Gasteiger partial charge in [-0.15, -0.1) is 0 Å². The van der Waals surface area contributed by atoms with E-state index in [-0.39, 0.29) is 5.91 Å². The number of carbonyl (C=O) groups excluding carboxylic acids is 1. The van der Waals surface area contributed by atoms with E-state index in [4.69, 9.17) is 5.73 Å². The largest absolute Gasteiger partial charge is 0.369 e. The lowest BCUT2D eigenvalue weighted by Gasteiger charge is -2.17. The number of aromatic nitrogens is 1. The fourth-order valence-corrected chi connectivity index (χ4v) is 2.62. The van der Waals surface area contributed by atoms with Crippen LogP contribution in [-0.2, 0) is 17.6 Å². The molecule has 1 aliphatic rings. The molecule has 86 valence electrons. The van der Waals surface area contributed by atoms with Crippen molar-refractivity contribution in [1.82, 2.24) is 4.98 Å². The van der Waals surface area contributed by atoms with Crippen molar-refractivity contribution in [2.24, 2.45) is 11.1 Å². The van der Waals surface area contributed by atoms with Crippen molar-refractivity contribution < 1.29 is 4.79 Å². The molecule has 0 radical (unpaired) electrons. The molecule has 2 aromatic rings. The quantitative estimate of drug-likeness (QED) is 0.806. The van der Waals surface area contributed by atoms with Crippen LogP contribution in [-0.4, -0.2) is 10.9 Å². The summed E-state index contributed by atoms with van der Waals surface area (Å²) >= 11 is 0. The molecule has 1 heterocycles. The topological polar surface area (TPSA) is 56.0 Å². The minimum atomic E-state index is -0.431. The maximum atomic E-state index is 11.5. The van der Waals surface area contributed by atoms with E-state index >= 15 is 0 Å². The molecule has 1 aromatic heterocycles. The Balaban J connectivity index is 2.14. The Morgan fingerprint density at radius 2 is 2.06 bits per heavy atom. The number of hydrogen-bond donors (Lipinski definition) is 1. The van der Waals surface area contributed by atoms with Crippen molar-refractivity contribution >= 4 is 16.8 Å². The zero-order valence-corrected chi connectivity index (χ0v) is 9.73. The van der Waals surface area contributed by atoms with Gasteiger partial charge in [0.25, 0.3) is 0 Å². The van der Waals surface area contributed by atoms with Gasteiger partial charge in [-0.25, -0.2) is 0 Å². The summed E-state index contributed by atoms with van der Waals surface area (Å²) in [5.41, 5.74) is 8.47. The van der Waals surface area contributed by atoms with Crippen molar-refractivity contribution in [3.05, 3.63) is 41.6 Å². The number of benzene rings is 1. The smallest absolute Gasteiger partial charge is 0.224 e. The van der Waals surface area contributed by atoms with Crippen molar-refractivity contribution in [2.75, 3.05) is 0 Å². The summed E-state index contributed by atoms with van der Waals surface area (Å²) < 4.78 is 0. The molecule has 3 heteroatoms. The lowest BCUT2D eigenvalue weighted by molar-refractivity contribution is -0.126. The third kappa shape index (κ3) is 1.50.